The van der Waals surface area contributed by atoms with E-state index < -0.39 is 0 Å². The molecule has 154 valence electrons. The lowest BCUT2D eigenvalue weighted by atomic mass is 10.1. The zero-order chi connectivity index (χ0) is 18.6. The van der Waals surface area contributed by atoms with E-state index in [4.69, 9.17) is 4.74 Å². The fourth-order valence-corrected chi connectivity index (χ4v) is 3.39. The number of guanidine groups is 1. The number of nitrogens with zero attached hydrogens (tertiary/aromatic N) is 2. The highest BCUT2D eigenvalue weighted by Crippen LogP contribution is 2.10. The van der Waals surface area contributed by atoms with E-state index in [1.807, 2.05) is 7.05 Å². The van der Waals surface area contributed by atoms with E-state index in [0.717, 1.165) is 58.0 Å². The number of aliphatic imine (C=N–C) groups is 1. The van der Waals surface area contributed by atoms with Crippen molar-refractivity contribution < 1.29 is 4.74 Å². The van der Waals surface area contributed by atoms with Crippen molar-refractivity contribution in [2.24, 2.45) is 4.99 Å². The van der Waals surface area contributed by atoms with Crippen molar-refractivity contribution in [2.45, 2.75) is 45.1 Å². The maximum Gasteiger partial charge on any atom is 0.191 e. The van der Waals surface area contributed by atoms with Crippen LogP contribution in [0.5, 0.6) is 0 Å². The lowest BCUT2D eigenvalue weighted by molar-refractivity contribution is 0.155. The topological polar surface area (TPSA) is 48.9 Å². The molecule has 0 aliphatic carbocycles. The molecule has 5 nitrogen and oxygen atoms in total. The smallest absolute Gasteiger partial charge is 0.191 e. The Morgan fingerprint density at radius 3 is 2.44 bits per heavy atom. The van der Waals surface area contributed by atoms with Crippen molar-refractivity contribution in [3.8, 4) is 0 Å². The number of halogens is 1. The summed E-state index contributed by atoms with van der Waals surface area (Å²) in [6.45, 7) is 7.40. The highest BCUT2D eigenvalue weighted by Gasteiger charge is 2.19. The van der Waals surface area contributed by atoms with Gasteiger partial charge in [0.1, 0.15) is 0 Å². The number of aryl methyl sites for hydroxylation is 1. The summed E-state index contributed by atoms with van der Waals surface area (Å²) in [5.41, 5.74) is 2.77. The Hall–Kier alpha value is -0.860. The third-order valence-corrected chi connectivity index (χ3v) is 5.11. The predicted octanol–water partition coefficient (Wildman–Crippen LogP) is 3.08. The molecule has 1 saturated heterocycles. The monoisotopic (exact) mass is 488 g/mol. The van der Waals surface area contributed by atoms with Gasteiger partial charge in [-0.25, -0.2) is 0 Å². The van der Waals surface area contributed by atoms with Gasteiger partial charge in [-0.2, -0.15) is 0 Å². The molecular formula is C21H37IN4O. The van der Waals surface area contributed by atoms with Crippen LogP contribution in [0.15, 0.2) is 29.3 Å². The summed E-state index contributed by atoms with van der Waals surface area (Å²) in [5, 5.41) is 7.04. The first kappa shape index (κ1) is 24.2. The Labute approximate surface area is 182 Å². The lowest BCUT2D eigenvalue weighted by Crippen LogP contribution is -2.49. The fraction of sp³-hybridized carbons (Fsp3) is 0.667. The third-order valence-electron chi connectivity index (χ3n) is 5.11. The summed E-state index contributed by atoms with van der Waals surface area (Å²) < 4.78 is 5.14. The summed E-state index contributed by atoms with van der Waals surface area (Å²) >= 11 is 0. The summed E-state index contributed by atoms with van der Waals surface area (Å²) in [7, 11) is 3.63. The van der Waals surface area contributed by atoms with E-state index in [0.29, 0.717) is 6.04 Å². The predicted molar refractivity (Wildman–Crippen MR) is 125 cm³/mol. The molecule has 6 heteroatoms. The van der Waals surface area contributed by atoms with E-state index in [1.54, 1.807) is 7.11 Å². The molecule has 0 unspecified atom stereocenters. The third kappa shape index (κ3) is 9.25. The van der Waals surface area contributed by atoms with Gasteiger partial charge < -0.3 is 20.3 Å². The van der Waals surface area contributed by atoms with E-state index in [1.165, 1.54) is 24.0 Å². The number of methoxy groups -OCH3 is 1. The molecule has 27 heavy (non-hydrogen) atoms. The zero-order valence-corrected chi connectivity index (χ0v) is 19.5. The van der Waals surface area contributed by atoms with E-state index in [-0.39, 0.29) is 24.0 Å². The standard InChI is InChI=1S/C21H36N4O.HI/c1-4-18-6-8-19(9-7-18)10-13-23-21(22-2)24-20-11-15-25(16-12-20)14-5-17-26-3;/h6-9,20H,4-5,10-17H2,1-3H3,(H2,22,23,24);1H. The number of likely N-dealkylation sites (tertiary alicyclic amines) is 1. The van der Waals surface area contributed by atoms with Crippen molar-refractivity contribution in [2.75, 3.05) is 46.9 Å². The van der Waals surface area contributed by atoms with Gasteiger partial charge in [0.05, 0.1) is 0 Å². The van der Waals surface area contributed by atoms with Gasteiger partial charge >= 0.3 is 0 Å². The van der Waals surface area contributed by atoms with E-state index >= 15 is 0 Å². The van der Waals surface area contributed by atoms with Gasteiger partial charge in [-0.3, -0.25) is 4.99 Å². The first-order valence-electron chi connectivity index (χ1n) is 10.0. The van der Waals surface area contributed by atoms with Crippen molar-refractivity contribution in [1.29, 1.82) is 0 Å². The maximum atomic E-state index is 5.14. The normalized spacial score (nSPS) is 16.0. The van der Waals surface area contributed by atoms with Crippen molar-refractivity contribution in [1.82, 2.24) is 15.5 Å². The quantitative estimate of drug-likeness (QED) is 0.243. The molecule has 1 heterocycles. The molecule has 1 aromatic rings. The Bertz CT molecular complexity index is 527. The average molecular weight is 488 g/mol. The van der Waals surface area contributed by atoms with Gasteiger partial charge in [0.2, 0.25) is 0 Å². The first-order valence-corrected chi connectivity index (χ1v) is 10.0. The second kappa shape index (κ2) is 14.2. The number of nitrogens with one attached hydrogen (secondary N) is 2. The summed E-state index contributed by atoms with van der Waals surface area (Å²) in [4.78, 5) is 6.92. The zero-order valence-electron chi connectivity index (χ0n) is 17.2. The molecule has 0 bridgehead atoms. The van der Waals surface area contributed by atoms with Crippen molar-refractivity contribution >= 4 is 29.9 Å². The van der Waals surface area contributed by atoms with Crippen LogP contribution in [0.3, 0.4) is 0 Å². The molecule has 0 amide bonds. The minimum absolute atomic E-state index is 0. The number of piperidine rings is 1. The molecule has 1 aliphatic heterocycles. The molecule has 0 aromatic heterocycles. The Morgan fingerprint density at radius 1 is 1.19 bits per heavy atom. The minimum Gasteiger partial charge on any atom is -0.385 e. The number of ether oxygens (including phenoxy) is 1. The highest BCUT2D eigenvalue weighted by atomic mass is 127. The molecule has 0 saturated carbocycles. The van der Waals surface area contributed by atoms with Gasteiger partial charge in [0, 0.05) is 53.0 Å². The Kier molecular flexibility index (Phi) is 12.7. The van der Waals surface area contributed by atoms with Gasteiger partial charge in [-0.15, -0.1) is 24.0 Å². The van der Waals surface area contributed by atoms with Crippen LogP contribution in [0.4, 0.5) is 0 Å². The van der Waals surface area contributed by atoms with Crippen LogP contribution in [0.1, 0.15) is 37.3 Å². The second-order valence-electron chi connectivity index (χ2n) is 7.03. The van der Waals surface area contributed by atoms with Crippen LogP contribution < -0.4 is 10.6 Å². The van der Waals surface area contributed by atoms with Crippen molar-refractivity contribution in [3.05, 3.63) is 35.4 Å². The van der Waals surface area contributed by atoms with E-state index in [2.05, 4.69) is 51.7 Å². The fourth-order valence-electron chi connectivity index (χ4n) is 3.39. The molecule has 2 rings (SSSR count). The molecule has 1 aliphatic rings. The number of hydrogen-bond acceptors (Lipinski definition) is 3. The largest absolute Gasteiger partial charge is 0.385 e. The molecular weight excluding hydrogens is 451 g/mol. The van der Waals surface area contributed by atoms with Gasteiger partial charge in [-0.1, -0.05) is 31.2 Å². The van der Waals surface area contributed by atoms with Crippen LogP contribution >= 0.6 is 24.0 Å². The lowest BCUT2D eigenvalue weighted by Gasteiger charge is -2.33. The molecule has 1 aromatic carbocycles. The molecule has 0 atom stereocenters. The molecule has 0 radical (unpaired) electrons. The SMILES string of the molecule is CCc1ccc(CCNC(=NC)NC2CCN(CCCOC)CC2)cc1.I. The molecule has 0 spiro atoms. The molecule has 2 N–H and O–H groups in total. The minimum atomic E-state index is 0. The van der Waals surface area contributed by atoms with Crippen LogP contribution in [-0.4, -0.2) is 63.8 Å². The van der Waals surface area contributed by atoms with Crippen LogP contribution in [0, 0.1) is 0 Å². The second-order valence-corrected chi connectivity index (χ2v) is 7.03. The van der Waals surface area contributed by atoms with Crippen LogP contribution in [0.25, 0.3) is 0 Å². The number of benzene rings is 1. The summed E-state index contributed by atoms with van der Waals surface area (Å²) in [6.07, 6.45) is 5.58. The Morgan fingerprint density at radius 2 is 1.85 bits per heavy atom. The van der Waals surface area contributed by atoms with Crippen LogP contribution in [-0.2, 0) is 17.6 Å². The van der Waals surface area contributed by atoms with Crippen LogP contribution in [0.2, 0.25) is 0 Å². The van der Waals surface area contributed by atoms with Gasteiger partial charge in [0.25, 0.3) is 0 Å². The number of rotatable bonds is 9. The van der Waals surface area contributed by atoms with E-state index in [9.17, 15) is 0 Å². The van der Waals surface area contributed by atoms with Gasteiger partial charge in [0.15, 0.2) is 5.96 Å². The number of hydrogen-bond donors (Lipinski definition) is 2. The Balaban J connectivity index is 0.00000364. The first-order chi connectivity index (χ1) is 12.7. The highest BCUT2D eigenvalue weighted by molar-refractivity contribution is 14.0. The summed E-state index contributed by atoms with van der Waals surface area (Å²) in [6, 6.07) is 9.43. The average Bonchev–Trinajstić information content (AvgIpc) is 2.69. The van der Waals surface area contributed by atoms with Gasteiger partial charge in [-0.05, 0) is 43.2 Å². The maximum absolute atomic E-state index is 5.14. The summed E-state index contributed by atoms with van der Waals surface area (Å²) in [5.74, 6) is 0.924. The molecule has 1 fully saturated rings. The van der Waals surface area contributed by atoms with Crippen molar-refractivity contribution in [3.63, 3.8) is 0 Å².